The summed E-state index contributed by atoms with van der Waals surface area (Å²) in [7, 11) is 0. The minimum Gasteiger partial charge on any atom is -0.491 e. The number of halogens is 4. The van der Waals surface area contributed by atoms with Crippen LogP contribution >= 0.6 is 0 Å². The zero-order valence-electron chi connectivity index (χ0n) is 21.2. The van der Waals surface area contributed by atoms with Crippen molar-refractivity contribution in [2.75, 3.05) is 56.6 Å². The molecule has 1 aromatic heterocycles. The molecule has 206 valence electrons. The van der Waals surface area contributed by atoms with E-state index in [4.69, 9.17) is 20.2 Å². The molecular weight excluding hydrogens is 516 g/mol. The Bertz CT molecular complexity index is 1470. The quantitative estimate of drug-likeness (QED) is 0.382. The second-order valence-electron chi connectivity index (χ2n) is 10.8. The third-order valence-corrected chi connectivity index (χ3v) is 8.54. The van der Waals surface area contributed by atoms with Gasteiger partial charge in [0.05, 0.1) is 17.0 Å². The van der Waals surface area contributed by atoms with Crippen molar-refractivity contribution in [2.45, 2.75) is 37.0 Å². The molecule has 0 aliphatic carbocycles. The molecule has 3 atom stereocenters. The number of aromatic nitrogens is 2. The second kappa shape index (κ2) is 9.09. The van der Waals surface area contributed by atoms with Crippen molar-refractivity contribution >= 4 is 22.4 Å². The number of piperazine rings is 1. The van der Waals surface area contributed by atoms with Crippen molar-refractivity contribution in [3.63, 3.8) is 0 Å². The third kappa shape index (κ3) is 3.87. The predicted octanol–water partition coefficient (Wildman–Crippen LogP) is 3.42. The number of hydrogen-bond acceptors (Lipinski definition) is 8. The van der Waals surface area contributed by atoms with Crippen LogP contribution in [0.2, 0.25) is 0 Å². The Morgan fingerprint density at radius 3 is 2.90 bits per heavy atom. The van der Waals surface area contributed by atoms with Crippen LogP contribution in [0, 0.1) is 17.5 Å². The van der Waals surface area contributed by atoms with Crippen molar-refractivity contribution < 1.29 is 27.0 Å². The molecule has 5 heterocycles. The highest BCUT2D eigenvalue weighted by atomic mass is 19.1. The summed E-state index contributed by atoms with van der Waals surface area (Å²) in [5.41, 5.74) is 3.97. The minimum absolute atomic E-state index is 0.0405. The van der Waals surface area contributed by atoms with E-state index in [2.05, 4.69) is 15.2 Å². The minimum atomic E-state index is -1.07. The van der Waals surface area contributed by atoms with Gasteiger partial charge in [0.25, 0.3) is 0 Å². The van der Waals surface area contributed by atoms with Crippen molar-refractivity contribution in [2.24, 2.45) is 0 Å². The van der Waals surface area contributed by atoms with Crippen molar-refractivity contribution in [3.8, 4) is 22.9 Å². The Hall–Kier alpha value is -3.38. The van der Waals surface area contributed by atoms with Gasteiger partial charge in [0.15, 0.2) is 11.6 Å². The van der Waals surface area contributed by atoms with Crippen LogP contribution in [-0.4, -0.2) is 78.6 Å². The van der Waals surface area contributed by atoms with Gasteiger partial charge in [0, 0.05) is 43.7 Å². The molecule has 3 saturated heterocycles. The van der Waals surface area contributed by atoms with Crippen molar-refractivity contribution in [1.29, 1.82) is 0 Å². The lowest BCUT2D eigenvalue weighted by Crippen LogP contribution is -2.53. The molecule has 3 fully saturated rings. The number of nitrogens with two attached hydrogens (primary N) is 1. The largest absolute Gasteiger partial charge is 0.491 e. The van der Waals surface area contributed by atoms with E-state index in [9.17, 15) is 8.78 Å². The van der Waals surface area contributed by atoms with Crippen LogP contribution < -0.4 is 25.4 Å². The first kappa shape index (κ1) is 24.6. The monoisotopic (exact) mass is 544 g/mol. The fraction of sp³-hybridized carbons (Fsp3) is 0.481. The summed E-state index contributed by atoms with van der Waals surface area (Å²) < 4.78 is 71.7. The molecule has 0 saturated carbocycles. The lowest BCUT2D eigenvalue weighted by atomic mass is 9.95. The number of nitrogens with one attached hydrogen (secondary N) is 1. The van der Waals surface area contributed by atoms with Gasteiger partial charge in [-0.15, -0.1) is 0 Å². The molecule has 0 unspecified atom stereocenters. The third-order valence-electron chi connectivity index (χ3n) is 8.54. The lowest BCUT2D eigenvalue weighted by molar-refractivity contribution is 0.107. The number of fused-ring (bicyclic) bond motifs is 3. The predicted molar refractivity (Wildman–Crippen MR) is 137 cm³/mol. The number of benzene rings is 2. The second-order valence-corrected chi connectivity index (χ2v) is 10.8. The molecule has 4 aliphatic heterocycles. The fourth-order valence-electron chi connectivity index (χ4n) is 6.59. The highest BCUT2D eigenvalue weighted by molar-refractivity contribution is 5.99. The van der Waals surface area contributed by atoms with Crippen LogP contribution in [0.25, 0.3) is 22.0 Å². The van der Waals surface area contributed by atoms with Gasteiger partial charge in [-0.05, 0) is 37.6 Å². The fourth-order valence-corrected chi connectivity index (χ4v) is 6.59. The van der Waals surface area contributed by atoms with E-state index >= 15 is 8.78 Å². The zero-order valence-corrected chi connectivity index (χ0v) is 21.2. The molecule has 39 heavy (non-hydrogen) atoms. The van der Waals surface area contributed by atoms with E-state index in [1.165, 1.54) is 6.07 Å². The van der Waals surface area contributed by atoms with E-state index in [1.807, 2.05) is 4.90 Å². The normalized spacial score (nSPS) is 26.3. The lowest BCUT2D eigenvalue weighted by Gasteiger charge is -2.35. The van der Waals surface area contributed by atoms with Gasteiger partial charge in [-0.1, -0.05) is 0 Å². The molecule has 7 rings (SSSR count). The van der Waals surface area contributed by atoms with E-state index in [-0.39, 0.29) is 47.7 Å². The SMILES string of the molecule is Nc1c(F)ccc(-c2cc3c4c(nc(OC[C@@]56CCCN5C[C@H](F)C6)nc4c2F)N2CCNC[C@H]2CO3)c1F. The van der Waals surface area contributed by atoms with Gasteiger partial charge in [-0.2, -0.15) is 9.97 Å². The number of hydrogen-bond donors (Lipinski definition) is 2. The highest BCUT2D eigenvalue weighted by Gasteiger charge is 2.49. The molecule has 0 radical (unpaired) electrons. The van der Waals surface area contributed by atoms with Crippen LogP contribution in [0.1, 0.15) is 19.3 Å². The average molecular weight is 545 g/mol. The zero-order chi connectivity index (χ0) is 26.9. The topological polar surface area (TPSA) is 88.8 Å². The highest BCUT2D eigenvalue weighted by Crippen LogP contribution is 2.44. The van der Waals surface area contributed by atoms with Gasteiger partial charge < -0.3 is 25.4 Å². The first-order chi connectivity index (χ1) is 18.8. The number of nitrogens with zero attached hydrogens (tertiary/aromatic N) is 4. The maximum Gasteiger partial charge on any atom is 0.319 e. The molecule has 8 nitrogen and oxygen atoms in total. The van der Waals surface area contributed by atoms with Crippen LogP contribution in [0.3, 0.4) is 0 Å². The van der Waals surface area contributed by atoms with Crippen LogP contribution in [0.15, 0.2) is 18.2 Å². The first-order valence-corrected chi connectivity index (χ1v) is 13.2. The van der Waals surface area contributed by atoms with Gasteiger partial charge in [-0.3, -0.25) is 4.90 Å². The van der Waals surface area contributed by atoms with E-state index in [0.717, 1.165) is 31.5 Å². The van der Waals surface area contributed by atoms with Gasteiger partial charge in [-0.25, -0.2) is 17.6 Å². The summed E-state index contributed by atoms with van der Waals surface area (Å²) in [5.74, 6) is -2.07. The Labute approximate surface area is 222 Å². The summed E-state index contributed by atoms with van der Waals surface area (Å²) in [4.78, 5) is 13.3. The maximum absolute atomic E-state index is 16.2. The number of anilines is 2. The Morgan fingerprint density at radius 2 is 2.03 bits per heavy atom. The first-order valence-electron chi connectivity index (χ1n) is 13.2. The summed E-state index contributed by atoms with van der Waals surface area (Å²) in [6.07, 6.45) is 1.20. The van der Waals surface area contributed by atoms with Crippen LogP contribution in [-0.2, 0) is 0 Å². The number of alkyl halides is 1. The van der Waals surface area contributed by atoms with E-state index < -0.39 is 34.8 Å². The molecule has 0 bridgehead atoms. The van der Waals surface area contributed by atoms with Crippen molar-refractivity contribution in [3.05, 3.63) is 35.7 Å². The molecule has 4 aliphatic rings. The van der Waals surface area contributed by atoms with E-state index in [0.29, 0.717) is 43.8 Å². The van der Waals surface area contributed by atoms with Crippen LogP contribution in [0.4, 0.5) is 29.1 Å². The molecule has 2 aromatic carbocycles. The van der Waals surface area contributed by atoms with E-state index in [1.54, 1.807) is 0 Å². The summed E-state index contributed by atoms with van der Waals surface area (Å²) >= 11 is 0. The Morgan fingerprint density at radius 1 is 1.15 bits per heavy atom. The molecule has 3 N–H and O–H groups in total. The molecule has 0 amide bonds. The van der Waals surface area contributed by atoms with Gasteiger partial charge >= 0.3 is 6.01 Å². The van der Waals surface area contributed by atoms with Crippen LogP contribution in [0.5, 0.6) is 11.8 Å². The Kier molecular flexibility index (Phi) is 5.74. The maximum atomic E-state index is 16.2. The number of ether oxygens (including phenoxy) is 2. The Balaban J connectivity index is 1.37. The smallest absolute Gasteiger partial charge is 0.319 e. The van der Waals surface area contributed by atoms with Gasteiger partial charge in [0.1, 0.15) is 48.0 Å². The average Bonchev–Trinajstić information content (AvgIpc) is 3.40. The molecule has 3 aromatic rings. The van der Waals surface area contributed by atoms with Crippen molar-refractivity contribution in [1.82, 2.24) is 20.2 Å². The summed E-state index contributed by atoms with van der Waals surface area (Å²) in [6, 6.07) is 3.40. The standard InChI is InChI=1S/C27H28F4N6O2/c28-14-9-27(4-1-6-36(27)11-14)13-39-26-34-24-20-19(38-12-15-10-33-5-7-37(15)25(20)35-26)8-17(22(24)31)16-2-3-18(29)23(32)21(16)30/h2-3,8,14-15,33H,1,4-7,9-13,32H2/t14-,15+,27+/m1/s1. The number of rotatable bonds is 4. The molecular formula is C27H28F4N6O2. The number of nitrogen functional groups attached to an aromatic ring is 1. The summed E-state index contributed by atoms with van der Waals surface area (Å²) in [6.45, 7) is 3.57. The molecule has 0 spiro atoms. The van der Waals surface area contributed by atoms with Gasteiger partial charge in [0.2, 0.25) is 0 Å². The molecule has 12 heteroatoms. The summed E-state index contributed by atoms with van der Waals surface area (Å²) in [5, 5.41) is 3.69.